The Labute approximate surface area is 105 Å². The van der Waals surface area contributed by atoms with Crippen molar-refractivity contribution in [2.45, 2.75) is 19.1 Å². The minimum absolute atomic E-state index is 0.313. The summed E-state index contributed by atoms with van der Waals surface area (Å²) in [7, 11) is 0. The number of morpholine rings is 1. The molecule has 2 rings (SSSR count). The van der Waals surface area contributed by atoms with Gasteiger partial charge in [-0.05, 0) is 13.0 Å². The molecule has 1 N–H and O–H groups in total. The first kappa shape index (κ1) is 13.0. The van der Waals surface area contributed by atoms with E-state index in [2.05, 4.69) is 0 Å². The van der Waals surface area contributed by atoms with Gasteiger partial charge in [0.15, 0.2) is 0 Å². The predicted octanol–water partition coefficient (Wildman–Crippen LogP) is 1.67. The fourth-order valence-corrected chi connectivity index (χ4v) is 2.10. The van der Waals surface area contributed by atoms with Gasteiger partial charge < -0.3 is 9.84 Å². The molecule has 0 amide bonds. The van der Waals surface area contributed by atoms with Crippen molar-refractivity contribution in [1.82, 2.24) is 4.90 Å². The number of aliphatic carboxylic acids is 1. The van der Waals surface area contributed by atoms with Crippen LogP contribution < -0.4 is 0 Å². The molecule has 4 nitrogen and oxygen atoms in total. The second kappa shape index (κ2) is 5.46. The lowest BCUT2D eigenvalue weighted by molar-refractivity contribution is -0.145. The van der Waals surface area contributed by atoms with Crippen molar-refractivity contribution in [2.75, 3.05) is 19.7 Å². The van der Waals surface area contributed by atoms with Gasteiger partial charge in [0, 0.05) is 18.7 Å². The third-order valence-electron chi connectivity index (χ3n) is 3.26. The van der Waals surface area contributed by atoms with Gasteiger partial charge in [0.2, 0.25) is 0 Å². The van der Waals surface area contributed by atoms with E-state index in [1.165, 1.54) is 6.07 Å². The molecule has 5 heteroatoms. The maximum Gasteiger partial charge on any atom is 0.320 e. The van der Waals surface area contributed by atoms with Gasteiger partial charge in [-0.25, -0.2) is 4.39 Å². The quantitative estimate of drug-likeness (QED) is 0.890. The van der Waals surface area contributed by atoms with Crippen LogP contribution in [-0.2, 0) is 9.53 Å². The molecule has 0 bridgehead atoms. The van der Waals surface area contributed by atoms with Crippen molar-refractivity contribution in [3.05, 3.63) is 35.6 Å². The van der Waals surface area contributed by atoms with Crippen molar-refractivity contribution in [1.29, 1.82) is 0 Å². The van der Waals surface area contributed by atoms with Crippen LogP contribution in [0.3, 0.4) is 0 Å². The summed E-state index contributed by atoms with van der Waals surface area (Å²) in [5.41, 5.74) is 0.486. The van der Waals surface area contributed by atoms with E-state index in [0.717, 1.165) is 0 Å². The first-order chi connectivity index (χ1) is 8.59. The highest BCUT2D eigenvalue weighted by Crippen LogP contribution is 2.25. The van der Waals surface area contributed by atoms with E-state index < -0.39 is 18.1 Å². The number of carboxylic acids is 1. The molecule has 98 valence electrons. The summed E-state index contributed by atoms with van der Waals surface area (Å²) in [6, 6.07) is 5.86. The standard InChI is InChI=1S/C13H16FNO3/c1-9(13(16)17)15-6-7-18-12(8-15)10-4-2-3-5-11(10)14/h2-5,9,12H,6-8H2,1H3,(H,16,17)/t9-,12-/m1/s1. The second-order valence-corrected chi connectivity index (χ2v) is 4.39. The first-order valence-corrected chi connectivity index (χ1v) is 5.92. The molecule has 0 aromatic heterocycles. The molecule has 0 radical (unpaired) electrons. The van der Waals surface area contributed by atoms with E-state index in [0.29, 0.717) is 25.3 Å². The Hall–Kier alpha value is -1.46. The van der Waals surface area contributed by atoms with E-state index in [-0.39, 0.29) is 5.82 Å². The molecular weight excluding hydrogens is 237 g/mol. The third kappa shape index (κ3) is 2.68. The topological polar surface area (TPSA) is 49.8 Å². The Morgan fingerprint density at radius 3 is 2.94 bits per heavy atom. The number of rotatable bonds is 3. The minimum Gasteiger partial charge on any atom is -0.480 e. The Bertz CT molecular complexity index is 438. The van der Waals surface area contributed by atoms with Crippen LogP contribution in [0.1, 0.15) is 18.6 Å². The Kier molecular flexibility index (Phi) is 3.93. The normalized spacial score (nSPS) is 22.7. The van der Waals surface area contributed by atoms with E-state index >= 15 is 0 Å². The molecule has 1 aliphatic heterocycles. The van der Waals surface area contributed by atoms with Gasteiger partial charge in [0.1, 0.15) is 11.9 Å². The van der Waals surface area contributed by atoms with Gasteiger partial charge >= 0.3 is 5.97 Å². The zero-order chi connectivity index (χ0) is 13.1. The SMILES string of the molecule is C[C@H](C(=O)O)N1CCO[C@@H](c2ccccc2F)C1. The first-order valence-electron chi connectivity index (χ1n) is 5.92. The molecule has 0 unspecified atom stereocenters. The fraction of sp³-hybridized carbons (Fsp3) is 0.462. The smallest absolute Gasteiger partial charge is 0.320 e. The van der Waals surface area contributed by atoms with E-state index in [9.17, 15) is 9.18 Å². The summed E-state index contributed by atoms with van der Waals surface area (Å²) in [6.45, 7) is 3.00. The number of nitrogens with zero attached hydrogens (tertiary/aromatic N) is 1. The number of hydrogen-bond donors (Lipinski definition) is 1. The molecule has 0 spiro atoms. The highest BCUT2D eigenvalue weighted by Gasteiger charge is 2.29. The van der Waals surface area contributed by atoms with E-state index in [1.807, 2.05) is 0 Å². The van der Waals surface area contributed by atoms with Gasteiger partial charge in [-0.1, -0.05) is 18.2 Å². The zero-order valence-electron chi connectivity index (χ0n) is 10.2. The summed E-state index contributed by atoms with van der Waals surface area (Å²) in [6.07, 6.45) is -0.401. The maximum atomic E-state index is 13.6. The summed E-state index contributed by atoms with van der Waals surface area (Å²) in [5, 5.41) is 8.99. The molecule has 1 aliphatic rings. The van der Waals surface area contributed by atoms with Gasteiger partial charge in [0.25, 0.3) is 0 Å². The number of hydrogen-bond acceptors (Lipinski definition) is 3. The van der Waals surface area contributed by atoms with Crippen molar-refractivity contribution < 1.29 is 19.0 Å². The third-order valence-corrected chi connectivity index (χ3v) is 3.26. The highest BCUT2D eigenvalue weighted by molar-refractivity contribution is 5.72. The minimum atomic E-state index is -0.871. The number of halogens is 1. The Morgan fingerprint density at radius 1 is 1.56 bits per heavy atom. The van der Waals surface area contributed by atoms with Crippen LogP contribution in [0.5, 0.6) is 0 Å². The van der Waals surface area contributed by atoms with Crippen LogP contribution in [-0.4, -0.2) is 41.7 Å². The zero-order valence-corrected chi connectivity index (χ0v) is 10.2. The maximum absolute atomic E-state index is 13.6. The monoisotopic (exact) mass is 253 g/mol. The number of carbonyl (C=O) groups is 1. The average Bonchev–Trinajstić information content (AvgIpc) is 2.38. The number of benzene rings is 1. The number of ether oxygens (including phenoxy) is 1. The molecule has 2 atom stereocenters. The van der Waals surface area contributed by atoms with Gasteiger partial charge in [0.05, 0.1) is 12.7 Å². The van der Waals surface area contributed by atoms with Crippen LogP contribution in [0.15, 0.2) is 24.3 Å². The molecule has 0 saturated carbocycles. The van der Waals surface area contributed by atoms with Crippen molar-refractivity contribution in [2.24, 2.45) is 0 Å². The van der Waals surface area contributed by atoms with Gasteiger partial charge in [-0.3, -0.25) is 9.69 Å². The molecule has 1 aromatic rings. The lowest BCUT2D eigenvalue weighted by Gasteiger charge is -2.35. The van der Waals surface area contributed by atoms with E-state index in [1.54, 1.807) is 30.0 Å². The van der Waals surface area contributed by atoms with Crippen molar-refractivity contribution >= 4 is 5.97 Å². The summed E-state index contributed by atoms with van der Waals surface area (Å²) in [4.78, 5) is 12.7. The van der Waals surface area contributed by atoms with Crippen LogP contribution in [0, 0.1) is 5.82 Å². The average molecular weight is 253 g/mol. The second-order valence-electron chi connectivity index (χ2n) is 4.39. The Morgan fingerprint density at radius 2 is 2.28 bits per heavy atom. The van der Waals surface area contributed by atoms with Crippen LogP contribution in [0.2, 0.25) is 0 Å². The van der Waals surface area contributed by atoms with Crippen LogP contribution >= 0.6 is 0 Å². The molecule has 0 aliphatic carbocycles. The van der Waals surface area contributed by atoms with Crippen molar-refractivity contribution in [3.63, 3.8) is 0 Å². The molecule has 1 fully saturated rings. The summed E-state index contributed by atoms with van der Waals surface area (Å²) in [5.74, 6) is -1.18. The molecule has 18 heavy (non-hydrogen) atoms. The van der Waals surface area contributed by atoms with E-state index in [4.69, 9.17) is 9.84 Å². The fourth-order valence-electron chi connectivity index (χ4n) is 2.10. The van der Waals surface area contributed by atoms with Crippen molar-refractivity contribution in [3.8, 4) is 0 Å². The van der Waals surface area contributed by atoms with Gasteiger partial charge in [-0.2, -0.15) is 0 Å². The molecule has 1 saturated heterocycles. The number of carboxylic acid groups (broad SMARTS) is 1. The van der Waals surface area contributed by atoms with Crippen LogP contribution in [0.25, 0.3) is 0 Å². The summed E-state index contributed by atoms with van der Waals surface area (Å²) < 4.78 is 19.2. The highest BCUT2D eigenvalue weighted by atomic mass is 19.1. The molecule has 1 heterocycles. The largest absolute Gasteiger partial charge is 0.480 e. The Balaban J connectivity index is 2.12. The lowest BCUT2D eigenvalue weighted by atomic mass is 10.1. The molecular formula is C13H16FNO3. The summed E-state index contributed by atoms with van der Waals surface area (Å²) >= 11 is 0. The van der Waals surface area contributed by atoms with Gasteiger partial charge in [-0.15, -0.1) is 0 Å². The lowest BCUT2D eigenvalue weighted by Crippen LogP contribution is -2.46. The van der Waals surface area contributed by atoms with Crippen LogP contribution in [0.4, 0.5) is 4.39 Å². The predicted molar refractivity (Wildman–Crippen MR) is 63.8 cm³/mol. The molecule has 1 aromatic carbocycles.